The van der Waals surface area contributed by atoms with Crippen LogP contribution < -0.4 is 0 Å². The Morgan fingerprint density at radius 3 is 2.00 bits per heavy atom. The number of hydrogen-bond acceptors (Lipinski definition) is 3. The third kappa shape index (κ3) is 2.43. The molecule has 0 N–H and O–H groups in total. The van der Waals surface area contributed by atoms with Gasteiger partial charge in [-0.3, -0.25) is 4.79 Å². The zero-order chi connectivity index (χ0) is 16.8. The van der Waals surface area contributed by atoms with Gasteiger partial charge in [0, 0.05) is 0 Å². The van der Waals surface area contributed by atoms with E-state index in [1.165, 1.54) is 12.1 Å². The number of carbonyl (C=O) groups is 1. The fraction of sp³-hybridized carbons (Fsp3) is 0.462. The molecule has 0 amide bonds. The van der Waals surface area contributed by atoms with Crippen LogP contribution in [0.5, 0.6) is 0 Å². The highest BCUT2D eigenvalue weighted by molar-refractivity contribution is 5.79. The maximum Gasteiger partial charge on any atom is 0.453 e. The van der Waals surface area contributed by atoms with E-state index in [1.54, 1.807) is 18.2 Å². The number of esters is 1. The lowest BCUT2D eigenvalue weighted by atomic mass is 10.0. The summed E-state index contributed by atoms with van der Waals surface area (Å²) in [7, 11) is 0.583. The maximum absolute atomic E-state index is 13.0. The Morgan fingerprint density at radius 2 is 1.59 bits per heavy atom. The summed E-state index contributed by atoms with van der Waals surface area (Å²) >= 11 is 0. The molecule has 0 bridgehead atoms. The third-order valence-electron chi connectivity index (χ3n) is 3.52. The van der Waals surface area contributed by atoms with Gasteiger partial charge in [-0.25, -0.2) is 4.90 Å². The molecule has 1 aromatic carbocycles. The Labute approximate surface area is 121 Å². The maximum atomic E-state index is 13.0. The van der Waals surface area contributed by atoms with Crippen LogP contribution in [0, 0.1) is 0 Å². The highest BCUT2D eigenvalue weighted by Crippen LogP contribution is 2.51. The zero-order valence-corrected chi connectivity index (χ0v) is 11.2. The molecule has 1 aromatic rings. The molecule has 1 fully saturated rings. The van der Waals surface area contributed by atoms with Crippen molar-refractivity contribution in [2.24, 2.45) is 0 Å². The van der Waals surface area contributed by atoms with Gasteiger partial charge in [0.2, 0.25) is 0 Å². The van der Waals surface area contributed by atoms with Crippen molar-refractivity contribution >= 4 is 5.97 Å². The average molecular weight is 327 g/mol. The van der Waals surface area contributed by atoms with Crippen molar-refractivity contribution < 1.29 is 35.9 Å². The van der Waals surface area contributed by atoms with Crippen molar-refractivity contribution in [3.8, 4) is 0 Å². The highest BCUT2D eigenvalue weighted by atomic mass is 19.4. The summed E-state index contributed by atoms with van der Waals surface area (Å²) < 4.78 is 81.9. The van der Waals surface area contributed by atoms with Crippen LogP contribution >= 0.6 is 0 Å². The van der Waals surface area contributed by atoms with Gasteiger partial charge < -0.3 is 4.74 Å². The number of likely N-dealkylation sites (N-methyl/N-ethyl adjacent to an activating group) is 1. The molecule has 1 aliphatic heterocycles. The Bertz CT molecular complexity index is 540. The normalized spacial score (nSPS) is 22.7. The molecule has 1 atom stereocenters. The molecule has 0 saturated carbocycles. The van der Waals surface area contributed by atoms with Gasteiger partial charge in [-0.2, -0.15) is 26.3 Å². The molecule has 9 heteroatoms. The van der Waals surface area contributed by atoms with E-state index in [9.17, 15) is 31.1 Å². The third-order valence-corrected chi connectivity index (χ3v) is 3.52. The van der Waals surface area contributed by atoms with E-state index in [2.05, 4.69) is 4.74 Å². The predicted molar refractivity (Wildman–Crippen MR) is 62.6 cm³/mol. The number of hydrogen-bond donors (Lipinski definition) is 0. The molecule has 122 valence electrons. The van der Waals surface area contributed by atoms with Gasteiger partial charge in [-0.1, -0.05) is 30.3 Å². The van der Waals surface area contributed by atoms with Crippen LogP contribution in [-0.2, 0) is 16.0 Å². The second kappa shape index (κ2) is 5.15. The van der Waals surface area contributed by atoms with Crippen LogP contribution in [0.25, 0.3) is 0 Å². The number of rotatable bonds is 2. The predicted octanol–water partition coefficient (Wildman–Crippen LogP) is 2.91. The van der Waals surface area contributed by atoms with Gasteiger partial charge in [0.15, 0.2) is 0 Å². The zero-order valence-electron chi connectivity index (χ0n) is 11.2. The van der Waals surface area contributed by atoms with Gasteiger partial charge in [0.25, 0.3) is 0 Å². The molecule has 2 rings (SSSR count). The Kier molecular flexibility index (Phi) is 3.88. The number of cyclic esters (lactones) is 1. The molecular weight excluding hydrogens is 316 g/mol. The topological polar surface area (TPSA) is 29.5 Å². The minimum Gasteiger partial charge on any atom is -0.423 e. The SMILES string of the molecule is CN1[C@@H](Cc2ccccc2)C(=O)OC1(C(F)(F)F)C(F)(F)F. The highest BCUT2D eigenvalue weighted by Gasteiger charge is 2.80. The molecular formula is C13H11F6NO2. The molecule has 1 saturated heterocycles. The minimum absolute atomic E-state index is 0.0949. The minimum atomic E-state index is -5.80. The smallest absolute Gasteiger partial charge is 0.423 e. The van der Waals surface area contributed by atoms with Crippen molar-refractivity contribution in [2.45, 2.75) is 30.5 Å². The van der Waals surface area contributed by atoms with Crippen molar-refractivity contribution in [3.63, 3.8) is 0 Å². The van der Waals surface area contributed by atoms with E-state index in [0.29, 0.717) is 12.6 Å². The van der Waals surface area contributed by atoms with Crippen LogP contribution in [0.2, 0.25) is 0 Å². The Morgan fingerprint density at radius 1 is 1.09 bits per heavy atom. The van der Waals surface area contributed by atoms with Gasteiger partial charge in [0.1, 0.15) is 6.04 Å². The van der Waals surface area contributed by atoms with E-state index >= 15 is 0 Å². The second-order valence-electron chi connectivity index (χ2n) is 4.88. The monoisotopic (exact) mass is 327 g/mol. The van der Waals surface area contributed by atoms with Crippen molar-refractivity contribution in [2.75, 3.05) is 7.05 Å². The summed E-state index contributed by atoms with van der Waals surface area (Å²) in [4.78, 5) is 11.5. The van der Waals surface area contributed by atoms with Gasteiger partial charge in [-0.15, -0.1) is 0 Å². The van der Waals surface area contributed by atoms with E-state index < -0.39 is 30.1 Å². The van der Waals surface area contributed by atoms with E-state index in [1.807, 2.05) is 0 Å². The Balaban J connectivity index is 2.40. The number of halogens is 6. The summed E-state index contributed by atoms with van der Waals surface area (Å²) in [6.45, 7) is 0. The van der Waals surface area contributed by atoms with Crippen LogP contribution in [0.1, 0.15) is 5.56 Å². The molecule has 0 spiro atoms. The first kappa shape index (κ1) is 16.6. The van der Waals surface area contributed by atoms with Crippen molar-refractivity contribution in [1.29, 1.82) is 0 Å². The molecule has 22 heavy (non-hydrogen) atoms. The summed E-state index contributed by atoms with van der Waals surface area (Å²) in [6, 6.07) is 6.10. The van der Waals surface area contributed by atoms with Crippen LogP contribution in [0.15, 0.2) is 30.3 Å². The van der Waals surface area contributed by atoms with Crippen molar-refractivity contribution in [1.82, 2.24) is 4.90 Å². The van der Waals surface area contributed by atoms with Gasteiger partial charge in [-0.05, 0) is 19.0 Å². The van der Waals surface area contributed by atoms with Crippen LogP contribution in [0.3, 0.4) is 0 Å². The number of benzene rings is 1. The summed E-state index contributed by atoms with van der Waals surface area (Å²) in [5, 5.41) is 0. The van der Waals surface area contributed by atoms with E-state index in [-0.39, 0.29) is 11.3 Å². The lowest BCUT2D eigenvalue weighted by Gasteiger charge is -2.37. The summed E-state index contributed by atoms with van der Waals surface area (Å²) in [6.07, 6.45) is -11.9. The molecule has 1 heterocycles. The Hall–Kier alpha value is -1.77. The van der Waals surface area contributed by atoms with E-state index in [0.717, 1.165) is 0 Å². The number of nitrogens with zero attached hydrogens (tertiary/aromatic N) is 1. The van der Waals surface area contributed by atoms with Gasteiger partial charge >= 0.3 is 24.0 Å². The molecule has 3 nitrogen and oxygen atoms in total. The average Bonchev–Trinajstić information content (AvgIpc) is 2.64. The number of ether oxygens (including phenoxy) is 1. The first-order chi connectivity index (χ1) is 10.0. The first-order valence-electron chi connectivity index (χ1n) is 6.14. The fourth-order valence-corrected chi connectivity index (χ4v) is 2.40. The largest absolute Gasteiger partial charge is 0.453 e. The fourth-order valence-electron chi connectivity index (χ4n) is 2.40. The first-order valence-corrected chi connectivity index (χ1v) is 6.14. The number of carbonyl (C=O) groups excluding carboxylic acids is 1. The second-order valence-corrected chi connectivity index (χ2v) is 4.88. The molecule has 0 unspecified atom stereocenters. The lowest BCUT2D eigenvalue weighted by Crippen LogP contribution is -2.65. The molecule has 1 aliphatic rings. The summed E-state index contributed by atoms with van der Waals surface area (Å²) in [5.41, 5.74) is -4.19. The lowest BCUT2D eigenvalue weighted by molar-refractivity contribution is -0.398. The molecule has 0 aliphatic carbocycles. The van der Waals surface area contributed by atoms with Gasteiger partial charge in [0.05, 0.1) is 0 Å². The van der Waals surface area contributed by atoms with Crippen molar-refractivity contribution in [3.05, 3.63) is 35.9 Å². The molecule has 0 radical (unpaired) electrons. The summed E-state index contributed by atoms with van der Waals surface area (Å²) in [5.74, 6) is -1.55. The van der Waals surface area contributed by atoms with Crippen LogP contribution in [0.4, 0.5) is 26.3 Å². The standard InChI is InChI=1S/C13H11F6NO2/c1-20-9(7-8-5-3-2-4-6-8)10(21)22-11(20,12(14,15)16)13(17,18)19/h2-6,9H,7H2,1H3/t9-/m0/s1. The molecule has 0 aromatic heterocycles. The number of alkyl halides is 6. The quantitative estimate of drug-likeness (QED) is 0.618. The van der Waals surface area contributed by atoms with Crippen LogP contribution in [-0.4, -0.2) is 42.0 Å². The van der Waals surface area contributed by atoms with E-state index in [4.69, 9.17) is 0 Å².